The van der Waals surface area contributed by atoms with Crippen LogP contribution in [0.4, 0.5) is 5.69 Å². The molecule has 2 nitrogen and oxygen atoms in total. The van der Waals surface area contributed by atoms with Gasteiger partial charge >= 0.3 is 0 Å². The van der Waals surface area contributed by atoms with E-state index < -0.39 is 0 Å². The molecule has 0 spiro atoms. The van der Waals surface area contributed by atoms with Crippen molar-refractivity contribution in [2.45, 2.75) is 5.25 Å². The maximum absolute atomic E-state index is 4.38. The van der Waals surface area contributed by atoms with Crippen LogP contribution in [-0.2, 0) is 0 Å². The summed E-state index contributed by atoms with van der Waals surface area (Å²) in [6, 6.07) is 10.1. The lowest BCUT2D eigenvalue weighted by Gasteiger charge is -2.05. The van der Waals surface area contributed by atoms with Gasteiger partial charge < -0.3 is 5.32 Å². The predicted octanol–water partition coefficient (Wildman–Crippen LogP) is 2.76. The van der Waals surface area contributed by atoms with Gasteiger partial charge in [-0.2, -0.15) is 0 Å². The number of nitrogens with one attached hydrogen (secondary N) is 1. The number of thioether (sulfide) groups is 1. The molecule has 0 aromatic heterocycles. The lowest BCUT2D eigenvalue weighted by atomic mass is 10.3. The minimum atomic E-state index is 0.432. The van der Waals surface area contributed by atoms with Crippen molar-refractivity contribution < 1.29 is 0 Å². The second-order valence-electron chi connectivity index (χ2n) is 3.03. The van der Waals surface area contributed by atoms with E-state index in [9.17, 15) is 0 Å². The zero-order chi connectivity index (χ0) is 9.80. The third-order valence-corrected chi connectivity index (χ3v) is 3.06. The third kappa shape index (κ3) is 2.17. The van der Waals surface area contributed by atoms with E-state index in [1.807, 2.05) is 36.4 Å². The van der Waals surface area contributed by atoms with E-state index >= 15 is 0 Å². The standard InChI is InChI=1S/C11H12N2S/c1-2-10-8-12-11(14-10)13-9-6-4-3-5-7-9/h2-7,10H,1,8H2,(H,12,13). The predicted molar refractivity (Wildman–Crippen MR) is 63.9 cm³/mol. The maximum Gasteiger partial charge on any atom is 0.161 e. The van der Waals surface area contributed by atoms with Crippen LogP contribution in [0.3, 0.4) is 0 Å². The molecule has 0 saturated carbocycles. The lowest BCUT2D eigenvalue weighted by molar-refractivity contribution is 1.05. The Morgan fingerprint density at radius 2 is 2.21 bits per heavy atom. The first-order chi connectivity index (χ1) is 6.88. The highest BCUT2D eigenvalue weighted by Crippen LogP contribution is 2.22. The summed E-state index contributed by atoms with van der Waals surface area (Å²) in [5.41, 5.74) is 1.09. The molecule has 72 valence electrons. The molecule has 1 aliphatic rings. The van der Waals surface area contributed by atoms with Crippen molar-refractivity contribution in [2.24, 2.45) is 4.99 Å². The minimum Gasteiger partial charge on any atom is -0.335 e. The molecular formula is C11H12N2S. The van der Waals surface area contributed by atoms with Crippen molar-refractivity contribution in [3.8, 4) is 0 Å². The van der Waals surface area contributed by atoms with E-state index in [2.05, 4.69) is 16.9 Å². The van der Waals surface area contributed by atoms with E-state index in [1.165, 1.54) is 0 Å². The van der Waals surface area contributed by atoms with Crippen molar-refractivity contribution in [3.05, 3.63) is 43.0 Å². The van der Waals surface area contributed by atoms with E-state index in [-0.39, 0.29) is 0 Å². The maximum atomic E-state index is 4.38. The van der Waals surface area contributed by atoms with Crippen LogP contribution < -0.4 is 5.32 Å². The fourth-order valence-corrected chi connectivity index (χ4v) is 2.09. The lowest BCUT2D eigenvalue weighted by Crippen LogP contribution is -2.05. The van der Waals surface area contributed by atoms with Gasteiger partial charge in [0.15, 0.2) is 5.17 Å². The van der Waals surface area contributed by atoms with Crippen LogP contribution in [0.2, 0.25) is 0 Å². The number of rotatable bonds is 2. The second kappa shape index (κ2) is 4.33. The molecule has 3 heteroatoms. The van der Waals surface area contributed by atoms with Crippen molar-refractivity contribution in [3.63, 3.8) is 0 Å². The summed E-state index contributed by atoms with van der Waals surface area (Å²) in [6.07, 6.45) is 1.94. The number of para-hydroxylation sites is 1. The summed E-state index contributed by atoms with van der Waals surface area (Å²) in [6.45, 7) is 4.60. The Balaban J connectivity index is 1.97. The summed E-state index contributed by atoms with van der Waals surface area (Å²) >= 11 is 1.73. The number of benzene rings is 1. The molecule has 1 N–H and O–H groups in total. The minimum absolute atomic E-state index is 0.432. The van der Waals surface area contributed by atoms with Crippen LogP contribution in [0, 0.1) is 0 Å². The van der Waals surface area contributed by atoms with Crippen molar-refractivity contribution in [1.29, 1.82) is 0 Å². The molecule has 1 heterocycles. The first kappa shape index (κ1) is 9.34. The van der Waals surface area contributed by atoms with E-state index in [0.717, 1.165) is 17.4 Å². The topological polar surface area (TPSA) is 24.4 Å². The van der Waals surface area contributed by atoms with Crippen LogP contribution in [0.1, 0.15) is 0 Å². The molecule has 1 aromatic carbocycles. The SMILES string of the molecule is C=CC1CN=C(Nc2ccccc2)S1. The fraction of sp³-hybridized carbons (Fsp3) is 0.182. The highest BCUT2D eigenvalue weighted by Gasteiger charge is 2.15. The number of hydrogen-bond donors (Lipinski definition) is 1. The van der Waals surface area contributed by atoms with E-state index in [4.69, 9.17) is 0 Å². The zero-order valence-corrected chi connectivity index (χ0v) is 8.63. The molecule has 14 heavy (non-hydrogen) atoms. The Kier molecular flexibility index (Phi) is 2.89. The summed E-state index contributed by atoms with van der Waals surface area (Å²) < 4.78 is 0. The van der Waals surface area contributed by atoms with Gasteiger partial charge in [-0.25, -0.2) is 0 Å². The van der Waals surface area contributed by atoms with Gasteiger partial charge in [0.2, 0.25) is 0 Å². The first-order valence-electron chi connectivity index (χ1n) is 4.54. The van der Waals surface area contributed by atoms with Gasteiger partial charge in [-0.3, -0.25) is 4.99 Å². The summed E-state index contributed by atoms with van der Waals surface area (Å²) in [7, 11) is 0. The van der Waals surface area contributed by atoms with Gasteiger partial charge in [-0.15, -0.1) is 6.58 Å². The molecule has 1 atom stereocenters. The fourth-order valence-electron chi connectivity index (χ4n) is 1.23. The Labute approximate surface area is 88.1 Å². The van der Waals surface area contributed by atoms with Crippen molar-refractivity contribution in [2.75, 3.05) is 11.9 Å². The average Bonchev–Trinajstić information content (AvgIpc) is 2.67. The molecule has 1 aromatic rings. The summed E-state index contributed by atoms with van der Waals surface area (Å²) in [5.74, 6) is 0. The molecule has 0 saturated heterocycles. The Hall–Kier alpha value is -1.22. The highest BCUT2D eigenvalue weighted by atomic mass is 32.2. The van der Waals surface area contributed by atoms with Crippen LogP contribution >= 0.6 is 11.8 Å². The van der Waals surface area contributed by atoms with E-state index in [1.54, 1.807) is 11.8 Å². The molecular weight excluding hydrogens is 192 g/mol. The number of aliphatic imine (C=N–C) groups is 1. The van der Waals surface area contributed by atoms with Crippen LogP contribution in [0.25, 0.3) is 0 Å². The number of amidine groups is 1. The number of nitrogens with zero attached hydrogens (tertiary/aromatic N) is 1. The molecule has 0 amide bonds. The van der Waals surface area contributed by atoms with Gasteiger partial charge in [-0.05, 0) is 12.1 Å². The largest absolute Gasteiger partial charge is 0.335 e. The van der Waals surface area contributed by atoms with Gasteiger partial charge in [0.25, 0.3) is 0 Å². The van der Waals surface area contributed by atoms with Crippen molar-refractivity contribution in [1.82, 2.24) is 0 Å². The van der Waals surface area contributed by atoms with Gasteiger partial charge in [0, 0.05) is 10.9 Å². The number of hydrogen-bond acceptors (Lipinski definition) is 3. The molecule has 1 unspecified atom stereocenters. The summed E-state index contributed by atoms with van der Waals surface area (Å²) in [4.78, 5) is 4.38. The Bertz CT molecular complexity index is 346. The van der Waals surface area contributed by atoms with Gasteiger partial charge in [0.1, 0.15) is 0 Å². The molecule has 0 aliphatic carbocycles. The van der Waals surface area contributed by atoms with Crippen LogP contribution in [0.15, 0.2) is 48.0 Å². The first-order valence-corrected chi connectivity index (χ1v) is 5.42. The van der Waals surface area contributed by atoms with E-state index in [0.29, 0.717) is 5.25 Å². The Morgan fingerprint density at radius 3 is 2.86 bits per heavy atom. The Morgan fingerprint density at radius 1 is 1.43 bits per heavy atom. The molecule has 0 radical (unpaired) electrons. The van der Waals surface area contributed by atoms with Crippen LogP contribution in [-0.4, -0.2) is 17.0 Å². The molecule has 1 aliphatic heterocycles. The number of anilines is 1. The second-order valence-corrected chi connectivity index (χ2v) is 4.26. The highest BCUT2D eigenvalue weighted by molar-refractivity contribution is 8.15. The van der Waals surface area contributed by atoms with Gasteiger partial charge in [0.05, 0.1) is 6.54 Å². The molecule has 2 rings (SSSR count). The van der Waals surface area contributed by atoms with Crippen molar-refractivity contribution >= 4 is 22.6 Å². The quantitative estimate of drug-likeness (QED) is 0.749. The third-order valence-electron chi connectivity index (χ3n) is 1.97. The average molecular weight is 204 g/mol. The molecule has 0 fully saturated rings. The molecule has 0 bridgehead atoms. The smallest absolute Gasteiger partial charge is 0.161 e. The monoisotopic (exact) mass is 204 g/mol. The zero-order valence-electron chi connectivity index (χ0n) is 7.81. The normalized spacial score (nSPS) is 20.3. The van der Waals surface area contributed by atoms with Gasteiger partial charge in [-0.1, -0.05) is 36.0 Å². The summed E-state index contributed by atoms with van der Waals surface area (Å²) in [5, 5.41) is 4.69. The van der Waals surface area contributed by atoms with Crippen LogP contribution in [0.5, 0.6) is 0 Å².